The van der Waals surface area contributed by atoms with E-state index in [1.165, 1.54) is 0 Å². The highest BCUT2D eigenvalue weighted by Gasteiger charge is 2.29. The molecule has 118 valence electrons. The number of hydrogen-bond donors (Lipinski definition) is 2. The molecule has 0 bridgehead atoms. The van der Waals surface area contributed by atoms with Gasteiger partial charge in [-0.3, -0.25) is 9.59 Å². The number of anilines is 2. The minimum absolute atomic E-state index is 0.0546. The van der Waals surface area contributed by atoms with Gasteiger partial charge in [-0.25, -0.2) is 0 Å². The van der Waals surface area contributed by atoms with Crippen LogP contribution in [0.4, 0.5) is 11.4 Å². The van der Waals surface area contributed by atoms with Crippen molar-refractivity contribution in [2.45, 2.75) is 19.8 Å². The molecule has 1 saturated carbocycles. The third-order valence-corrected chi connectivity index (χ3v) is 4.03. The lowest BCUT2D eigenvalue weighted by Gasteiger charge is -2.09. The van der Waals surface area contributed by atoms with Gasteiger partial charge in [0.05, 0.1) is 0 Å². The second-order valence-electron chi connectivity index (χ2n) is 5.75. The van der Waals surface area contributed by atoms with E-state index in [2.05, 4.69) is 10.6 Å². The van der Waals surface area contributed by atoms with Crippen LogP contribution in [-0.4, -0.2) is 11.8 Å². The second kappa shape index (κ2) is 6.42. The number of benzene rings is 2. The third-order valence-electron chi connectivity index (χ3n) is 3.80. The van der Waals surface area contributed by atoms with E-state index in [4.69, 9.17) is 11.6 Å². The number of amides is 2. The molecule has 0 aromatic heterocycles. The van der Waals surface area contributed by atoms with Crippen LogP contribution in [-0.2, 0) is 4.79 Å². The van der Waals surface area contributed by atoms with Crippen LogP contribution in [0.2, 0.25) is 5.02 Å². The van der Waals surface area contributed by atoms with Gasteiger partial charge in [0.2, 0.25) is 5.91 Å². The molecule has 1 aliphatic carbocycles. The van der Waals surface area contributed by atoms with Gasteiger partial charge in [-0.2, -0.15) is 0 Å². The van der Waals surface area contributed by atoms with Gasteiger partial charge in [-0.15, -0.1) is 0 Å². The van der Waals surface area contributed by atoms with E-state index in [1.807, 2.05) is 6.92 Å². The molecule has 0 unspecified atom stereocenters. The Morgan fingerprint density at radius 1 is 1.04 bits per heavy atom. The maximum absolute atomic E-state index is 12.3. The summed E-state index contributed by atoms with van der Waals surface area (Å²) in [6.07, 6.45) is 1.93. The molecule has 0 saturated heterocycles. The Kier molecular flexibility index (Phi) is 4.35. The lowest BCUT2D eigenvalue weighted by atomic mass is 10.1. The molecule has 3 rings (SSSR count). The van der Waals surface area contributed by atoms with Crippen LogP contribution in [0.15, 0.2) is 42.5 Å². The summed E-state index contributed by atoms with van der Waals surface area (Å²) in [5.74, 6) is 0.0142. The van der Waals surface area contributed by atoms with Crippen molar-refractivity contribution in [2.75, 3.05) is 10.6 Å². The van der Waals surface area contributed by atoms with Crippen LogP contribution in [0.3, 0.4) is 0 Å². The van der Waals surface area contributed by atoms with E-state index in [9.17, 15) is 9.59 Å². The zero-order valence-corrected chi connectivity index (χ0v) is 13.5. The monoisotopic (exact) mass is 328 g/mol. The number of halogens is 1. The van der Waals surface area contributed by atoms with Crippen LogP contribution in [0, 0.1) is 12.8 Å². The van der Waals surface area contributed by atoms with Crippen LogP contribution < -0.4 is 10.6 Å². The molecule has 1 aliphatic rings. The molecule has 1 fully saturated rings. The number of rotatable bonds is 4. The lowest BCUT2D eigenvalue weighted by Crippen LogP contribution is -2.14. The number of nitrogens with one attached hydrogen (secondary N) is 2. The van der Waals surface area contributed by atoms with E-state index in [0.29, 0.717) is 16.3 Å². The quantitative estimate of drug-likeness (QED) is 0.881. The molecule has 0 atom stereocenters. The molecule has 5 heteroatoms. The largest absolute Gasteiger partial charge is 0.326 e. The van der Waals surface area contributed by atoms with Gasteiger partial charge in [0.25, 0.3) is 5.91 Å². The number of hydrogen-bond acceptors (Lipinski definition) is 2. The highest BCUT2D eigenvalue weighted by atomic mass is 35.5. The van der Waals surface area contributed by atoms with Gasteiger partial charge in [-0.05, 0) is 67.8 Å². The second-order valence-corrected chi connectivity index (χ2v) is 6.19. The minimum atomic E-state index is -0.199. The normalized spacial score (nSPS) is 13.5. The molecule has 0 spiro atoms. The SMILES string of the molecule is Cc1cc(Cl)ccc1NC(=O)c1ccc(NC(=O)C2CC2)cc1. The number of carbonyl (C=O) groups is 2. The zero-order chi connectivity index (χ0) is 16.4. The van der Waals surface area contributed by atoms with Crippen LogP contribution in [0.25, 0.3) is 0 Å². The van der Waals surface area contributed by atoms with Crippen molar-refractivity contribution in [3.05, 3.63) is 58.6 Å². The Morgan fingerprint density at radius 2 is 1.74 bits per heavy atom. The summed E-state index contributed by atoms with van der Waals surface area (Å²) in [5, 5.41) is 6.34. The summed E-state index contributed by atoms with van der Waals surface area (Å²) in [6.45, 7) is 1.89. The van der Waals surface area contributed by atoms with Crippen LogP contribution >= 0.6 is 11.6 Å². The maximum atomic E-state index is 12.3. The molecule has 4 nitrogen and oxygen atoms in total. The molecule has 0 aliphatic heterocycles. The molecule has 2 aromatic carbocycles. The highest BCUT2D eigenvalue weighted by molar-refractivity contribution is 6.30. The lowest BCUT2D eigenvalue weighted by molar-refractivity contribution is -0.117. The van der Waals surface area contributed by atoms with E-state index < -0.39 is 0 Å². The first kappa shape index (κ1) is 15.6. The Bertz CT molecular complexity index is 752. The van der Waals surface area contributed by atoms with Gasteiger partial charge in [-0.1, -0.05) is 11.6 Å². The van der Waals surface area contributed by atoms with Crippen LogP contribution in [0.5, 0.6) is 0 Å². The average Bonchev–Trinajstić information content (AvgIpc) is 3.35. The fourth-order valence-corrected chi connectivity index (χ4v) is 2.48. The molecular weight excluding hydrogens is 312 g/mol. The fraction of sp³-hybridized carbons (Fsp3) is 0.222. The van der Waals surface area contributed by atoms with Crippen molar-refractivity contribution in [3.8, 4) is 0 Å². The molecule has 2 N–H and O–H groups in total. The average molecular weight is 329 g/mol. The first-order valence-corrected chi connectivity index (χ1v) is 7.89. The van der Waals surface area contributed by atoms with E-state index >= 15 is 0 Å². The summed E-state index contributed by atoms with van der Waals surface area (Å²) in [5.41, 5.74) is 2.87. The van der Waals surface area contributed by atoms with Crippen molar-refractivity contribution in [1.82, 2.24) is 0 Å². The Balaban J connectivity index is 1.66. The Labute approximate surface area is 139 Å². The minimum Gasteiger partial charge on any atom is -0.326 e. The number of aryl methyl sites for hydroxylation is 1. The summed E-state index contributed by atoms with van der Waals surface area (Å²) >= 11 is 5.91. The highest BCUT2D eigenvalue weighted by Crippen LogP contribution is 2.30. The predicted octanol–water partition coefficient (Wildman–Crippen LogP) is 4.25. The van der Waals surface area contributed by atoms with E-state index in [1.54, 1.807) is 42.5 Å². The Morgan fingerprint density at radius 3 is 2.35 bits per heavy atom. The molecule has 0 radical (unpaired) electrons. The first-order chi connectivity index (χ1) is 11.0. The van der Waals surface area contributed by atoms with E-state index in [-0.39, 0.29) is 17.7 Å². The molecule has 2 amide bonds. The molecular formula is C18H17ClN2O2. The van der Waals surface area contributed by atoms with Gasteiger partial charge >= 0.3 is 0 Å². The summed E-state index contributed by atoms with van der Waals surface area (Å²) < 4.78 is 0. The Hall–Kier alpha value is -2.33. The fourth-order valence-electron chi connectivity index (χ4n) is 2.26. The van der Waals surface area contributed by atoms with Gasteiger partial charge in [0, 0.05) is 27.9 Å². The van der Waals surface area contributed by atoms with Crippen molar-refractivity contribution >= 4 is 34.8 Å². The van der Waals surface area contributed by atoms with Gasteiger partial charge in [0.15, 0.2) is 0 Å². The van der Waals surface area contributed by atoms with Crippen molar-refractivity contribution < 1.29 is 9.59 Å². The van der Waals surface area contributed by atoms with Crippen molar-refractivity contribution in [3.63, 3.8) is 0 Å². The summed E-state index contributed by atoms with van der Waals surface area (Å²) in [6, 6.07) is 12.2. The van der Waals surface area contributed by atoms with Crippen molar-refractivity contribution in [2.24, 2.45) is 5.92 Å². The van der Waals surface area contributed by atoms with Crippen LogP contribution in [0.1, 0.15) is 28.8 Å². The standard InChI is InChI=1S/C18H17ClN2O2/c1-11-10-14(19)6-9-16(11)21-18(23)13-4-7-15(8-5-13)20-17(22)12-2-3-12/h4-10,12H,2-3H2,1H3,(H,20,22)(H,21,23). The van der Waals surface area contributed by atoms with Crippen molar-refractivity contribution in [1.29, 1.82) is 0 Å². The zero-order valence-electron chi connectivity index (χ0n) is 12.7. The summed E-state index contributed by atoms with van der Waals surface area (Å²) in [4.78, 5) is 24.0. The molecule has 2 aromatic rings. The molecule has 0 heterocycles. The first-order valence-electron chi connectivity index (χ1n) is 7.51. The smallest absolute Gasteiger partial charge is 0.255 e. The number of carbonyl (C=O) groups excluding carboxylic acids is 2. The summed E-state index contributed by atoms with van der Waals surface area (Å²) in [7, 11) is 0. The van der Waals surface area contributed by atoms with Gasteiger partial charge in [0.1, 0.15) is 0 Å². The van der Waals surface area contributed by atoms with E-state index in [0.717, 1.165) is 24.1 Å². The third kappa shape index (κ3) is 3.90. The maximum Gasteiger partial charge on any atom is 0.255 e. The molecule has 23 heavy (non-hydrogen) atoms. The topological polar surface area (TPSA) is 58.2 Å². The van der Waals surface area contributed by atoms with Gasteiger partial charge < -0.3 is 10.6 Å². The predicted molar refractivity (Wildman–Crippen MR) is 91.9 cm³/mol.